The summed E-state index contributed by atoms with van der Waals surface area (Å²) >= 11 is 0. The summed E-state index contributed by atoms with van der Waals surface area (Å²) in [7, 11) is 0. The second-order valence-corrected chi connectivity index (χ2v) is 11.1. The van der Waals surface area contributed by atoms with Gasteiger partial charge in [0.25, 0.3) is 0 Å². The van der Waals surface area contributed by atoms with Crippen molar-refractivity contribution >= 4 is 11.1 Å². The summed E-state index contributed by atoms with van der Waals surface area (Å²) in [6.07, 6.45) is 12.6. The standard InChI is InChI=1S/C31H48/c1-13-15-29-26(14-2)27(22(3)16-18-24(5)30(7,8)9)20-21-28(29)23(4)17-19-25(6)31(10,11)12/h16-21H,13-15H2,1-12H3/b22-16+,23-17+,24-18+,25-19+. The summed E-state index contributed by atoms with van der Waals surface area (Å²) in [5.74, 6) is 0. The van der Waals surface area contributed by atoms with Crippen LogP contribution in [0.15, 0.2) is 47.6 Å². The summed E-state index contributed by atoms with van der Waals surface area (Å²) in [4.78, 5) is 0. The van der Waals surface area contributed by atoms with Crippen molar-refractivity contribution in [1.29, 1.82) is 0 Å². The molecule has 1 aromatic carbocycles. The van der Waals surface area contributed by atoms with E-state index in [4.69, 9.17) is 0 Å². The molecule has 31 heavy (non-hydrogen) atoms. The zero-order valence-corrected chi connectivity index (χ0v) is 22.6. The number of benzene rings is 1. The van der Waals surface area contributed by atoms with E-state index in [1.54, 1.807) is 0 Å². The predicted molar refractivity (Wildman–Crippen MR) is 144 cm³/mol. The first-order valence-electron chi connectivity index (χ1n) is 12.1. The average molecular weight is 421 g/mol. The van der Waals surface area contributed by atoms with Crippen molar-refractivity contribution in [3.63, 3.8) is 0 Å². The topological polar surface area (TPSA) is 0 Å². The van der Waals surface area contributed by atoms with Crippen LogP contribution in [-0.4, -0.2) is 0 Å². The molecule has 0 aromatic heterocycles. The van der Waals surface area contributed by atoms with Crippen molar-refractivity contribution in [1.82, 2.24) is 0 Å². The van der Waals surface area contributed by atoms with Gasteiger partial charge < -0.3 is 0 Å². The van der Waals surface area contributed by atoms with Crippen LogP contribution in [0.4, 0.5) is 0 Å². The lowest BCUT2D eigenvalue weighted by molar-refractivity contribution is 0.504. The maximum atomic E-state index is 2.35. The molecule has 1 rings (SSSR count). The van der Waals surface area contributed by atoms with Crippen molar-refractivity contribution in [2.45, 2.75) is 102 Å². The molecule has 0 radical (unpaired) electrons. The van der Waals surface area contributed by atoms with Crippen LogP contribution in [0, 0.1) is 10.8 Å². The SMILES string of the molecule is CCCc1c(/C(C)=C/C=C(\C)C(C)(C)C)ccc(/C(C)=C/C=C(\C)C(C)(C)C)c1CC. The molecule has 0 aliphatic rings. The minimum absolute atomic E-state index is 0.210. The van der Waals surface area contributed by atoms with Crippen molar-refractivity contribution < 1.29 is 0 Å². The Morgan fingerprint density at radius 3 is 1.35 bits per heavy atom. The maximum Gasteiger partial charge on any atom is -0.0173 e. The lowest BCUT2D eigenvalue weighted by Gasteiger charge is -2.21. The summed E-state index contributed by atoms with van der Waals surface area (Å²) in [6, 6.07) is 4.69. The normalized spacial score (nSPS) is 15.0. The van der Waals surface area contributed by atoms with E-state index < -0.39 is 0 Å². The molecule has 0 aliphatic heterocycles. The molecule has 0 heteroatoms. The molecule has 0 saturated heterocycles. The van der Waals surface area contributed by atoms with Gasteiger partial charge in [0, 0.05) is 0 Å². The van der Waals surface area contributed by atoms with Crippen LogP contribution in [0.1, 0.15) is 112 Å². The summed E-state index contributed by atoms with van der Waals surface area (Å²) in [5, 5.41) is 0. The third-order valence-corrected chi connectivity index (χ3v) is 6.67. The quantitative estimate of drug-likeness (QED) is 0.385. The molecule has 1 aromatic rings. The number of hydrogen-bond donors (Lipinski definition) is 0. The van der Waals surface area contributed by atoms with Gasteiger partial charge in [-0.25, -0.2) is 0 Å². The van der Waals surface area contributed by atoms with Crippen LogP contribution in [0.5, 0.6) is 0 Å². The molecule has 172 valence electrons. The van der Waals surface area contributed by atoms with E-state index in [9.17, 15) is 0 Å². The predicted octanol–water partition coefficient (Wildman–Crippen LogP) is 9.99. The highest BCUT2D eigenvalue weighted by Gasteiger charge is 2.15. The summed E-state index contributed by atoms with van der Waals surface area (Å²) < 4.78 is 0. The Morgan fingerprint density at radius 1 is 0.645 bits per heavy atom. The van der Waals surface area contributed by atoms with Crippen LogP contribution in [0.25, 0.3) is 11.1 Å². The molecule has 0 nitrogen and oxygen atoms in total. The van der Waals surface area contributed by atoms with E-state index in [1.165, 1.54) is 51.0 Å². The lowest BCUT2D eigenvalue weighted by Crippen LogP contribution is -2.06. The third kappa shape index (κ3) is 7.67. The fourth-order valence-electron chi connectivity index (χ4n) is 3.55. The van der Waals surface area contributed by atoms with Crippen molar-refractivity contribution in [3.05, 3.63) is 69.8 Å². The van der Waals surface area contributed by atoms with E-state index in [0.717, 1.165) is 12.8 Å². The van der Waals surface area contributed by atoms with Gasteiger partial charge in [0.1, 0.15) is 0 Å². The van der Waals surface area contributed by atoms with Crippen molar-refractivity contribution in [2.24, 2.45) is 10.8 Å². The molecular formula is C31H48. The lowest BCUT2D eigenvalue weighted by atomic mass is 9.84. The molecule has 0 bridgehead atoms. The largest absolute Gasteiger partial charge is 0.0679 e. The monoisotopic (exact) mass is 420 g/mol. The first-order valence-corrected chi connectivity index (χ1v) is 12.1. The second-order valence-electron chi connectivity index (χ2n) is 11.1. The van der Waals surface area contributed by atoms with Gasteiger partial charge in [-0.2, -0.15) is 0 Å². The van der Waals surface area contributed by atoms with Crippen LogP contribution in [0.3, 0.4) is 0 Å². The Kier molecular flexibility index (Phi) is 9.80. The highest BCUT2D eigenvalue weighted by atomic mass is 14.2. The van der Waals surface area contributed by atoms with Crippen LogP contribution in [-0.2, 0) is 12.8 Å². The van der Waals surface area contributed by atoms with Crippen LogP contribution < -0.4 is 0 Å². The third-order valence-electron chi connectivity index (χ3n) is 6.67. The molecule has 0 N–H and O–H groups in total. The molecule has 0 heterocycles. The van der Waals surface area contributed by atoms with Crippen molar-refractivity contribution in [2.75, 3.05) is 0 Å². The highest BCUT2D eigenvalue weighted by Crippen LogP contribution is 2.32. The first-order chi connectivity index (χ1) is 14.2. The Labute approximate surface area is 194 Å². The fourth-order valence-corrected chi connectivity index (χ4v) is 3.55. The van der Waals surface area contributed by atoms with Gasteiger partial charge in [0.15, 0.2) is 0 Å². The number of allylic oxidation sites excluding steroid dienone is 8. The average Bonchev–Trinajstić information content (AvgIpc) is 2.67. The molecule has 0 aliphatic carbocycles. The van der Waals surface area contributed by atoms with E-state index in [0.29, 0.717) is 0 Å². The van der Waals surface area contributed by atoms with Gasteiger partial charge in [-0.05, 0) is 84.8 Å². The molecule has 0 saturated carbocycles. The van der Waals surface area contributed by atoms with Gasteiger partial charge >= 0.3 is 0 Å². The molecule has 0 atom stereocenters. The van der Waals surface area contributed by atoms with E-state index in [-0.39, 0.29) is 10.8 Å². The number of rotatable bonds is 7. The van der Waals surface area contributed by atoms with Crippen LogP contribution in [0.2, 0.25) is 0 Å². The maximum absolute atomic E-state index is 2.35. The minimum atomic E-state index is 0.210. The molecule has 0 amide bonds. The van der Waals surface area contributed by atoms with Crippen molar-refractivity contribution in [3.8, 4) is 0 Å². The number of hydrogen-bond acceptors (Lipinski definition) is 0. The highest BCUT2D eigenvalue weighted by molar-refractivity contribution is 5.76. The zero-order chi connectivity index (χ0) is 24.0. The first kappa shape index (κ1) is 27.2. The fraction of sp³-hybridized carbons (Fsp3) is 0.548. The van der Waals surface area contributed by atoms with Gasteiger partial charge in [-0.15, -0.1) is 0 Å². The Bertz CT molecular complexity index is 868. The van der Waals surface area contributed by atoms with E-state index in [1.807, 2.05) is 0 Å². The molecular weight excluding hydrogens is 372 g/mol. The minimum Gasteiger partial charge on any atom is -0.0679 e. The van der Waals surface area contributed by atoms with Gasteiger partial charge in [0.2, 0.25) is 0 Å². The van der Waals surface area contributed by atoms with E-state index in [2.05, 4.69) is 120 Å². The summed E-state index contributed by atoms with van der Waals surface area (Å²) in [6.45, 7) is 27.2. The van der Waals surface area contributed by atoms with Gasteiger partial charge in [-0.3, -0.25) is 0 Å². The molecule has 0 fully saturated rings. The summed E-state index contributed by atoms with van der Waals surface area (Å²) in [5.41, 5.74) is 11.8. The van der Waals surface area contributed by atoms with Gasteiger partial charge in [-0.1, -0.05) is 109 Å². The van der Waals surface area contributed by atoms with Crippen LogP contribution >= 0.6 is 0 Å². The Balaban J connectivity index is 3.55. The molecule has 0 unspecified atom stereocenters. The van der Waals surface area contributed by atoms with Gasteiger partial charge in [0.05, 0.1) is 0 Å². The second kappa shape index (κ2) is 11.2. The van der Waals surface area contributed by atoms with E-state index >= 15 is 0 Å². The molecule has 0 spiro atoms. The Hall–Kier alpha value is -1.82. The zero-order valence-electron chi connectivity index (χ0n) is 22.6. The smallest absolute Gasteiger partial charge is 0.0173 e. The Morgan fingerprint density at radius 2 is 1.03 bits per heavy atom.